The fourth-order valence-electron chi connectivity index (χ4n) is 4.47. The average molecular weight is 382 g/mol. The summed E-state index contributed by atoms with van der Waals surface area (Å²) in [5.41, 5.74) is 12.2. The fourth-order valence-corrected chi connectivity index (χ4v) is 4.47. The van der Waals surface area contributed by atoms with Gasteiger partial charge in [0.1, 0.15) is 5.82 Å². The molecule has 5 rings (SSSR count). The van der Waals surface area contributed by atoms with Crippen LogP contribution >= 0.6 is 0 Å². The number of hydrogen-bond acceptors (Lipinski definition) is 4. The van der Waals surface area contributed by atoms with Crippen LogP contribution in [0.3, 0.4) is 0 Å². The highest BCUT2D eigenvalue weighted by Crippen LogP contribution is 2.46. The molecule has 0 unspecified atom stereocenters. The number of anilines is 1. The molecular weight excluding hydrogens is 360 g/mol. The third-order valence-electron chi connectivity index (χ3n) is 5.84. The lowest BCUT2D eigenvalue weighted by molar-refractivity contribution is 0.354. The normalized spacial score (nSPS) is 14.9. The van der Waals surface area contributed by atoms with E-state index < -0.39 is 0 Å². The van der Waals surface area contributed by atoms with Gasteiger partial charge in [0, 0.05) is 16.9 Å². The first kappa shape index (κ1) is 17.6. The molecule has 0 saturated carbocycles. The zero-order valence-corrected chi connectivity index (χ0v) is 16.5. The second kappa shape index (κ2) is 6.82. The predicted octanol–water partition coefficient (Wildman–Crippen LogP) is 5.19. The second-order valence-electron chi connectivity index (χ2n) is 7.33. The second-order valence-corrected chi connectivity index (χ2v) is 7.33. The zero-order valence-electron chi connectivity index (χ0n) is 16.5. The molecule has 0 radical (unpaired) electrons. The lowest BCUT2D eigenvalue weighted by Crippen LogP contribution is -2.15. The topological polar surface area (TPSA) is 57.4 Å². The Hall–Kier alpha value is -3.53. The molecule has 29 heavy (non-hydrogen) atoms. The highest BCUT2D eigenvalue weighted by atomic mass is 16.5. The van der Waals surface area contributed by atoms with Crippen molar-refractivity contribution in [2.75, 3.05) is 20.0 Å². The van der Waals surface area contributed by atoms with Crippen molar-refractivity contribution >= 4 is 16.6 Å². The number of fused-ring (bicyclic) bond motifs is 5. The molecule has 4 heteroatoms. The Morgan fingerprint density at radius 2 is 1.59 bits per heavy atom. The predicted molar refractivity (Wildman–Crippen MR) is 117 cm³/mol. The van der Waals surface area contributed by atoms with Gasteiger partial charge in [-0.15, -0.1) is 0 Å². The standard InChI is InChI=1S/C25H22N2O2/c1-28-21-12-11-16(14-22(21)29-2)20-13-15-7-3-4-8-17(15)24-23(20)18-9-5-6-10-19(18)25(26)27-24/h3-12,14,20H,13H2,1-2H3,(H2,26,27)/t20-/m1/s1. The van der Waals surface area contributed by atoms with Gasteiger partial charge in [0.25, 0.3) is 0 Å². The molecule has 3 aromatic carbocycles. The first-order chi connectivity index (χ1) is 14.2. The van der Waals surface area contributed by atoms with E-state index in [9.17, 15) is 0 Å². The number of nitrogens with zero attached hydrogens (tertiary/aromatic N) is 1. The van der Waals surface area contributed by atoms with Crippen molar-refractivity contribution < 1.29 is 9.47 Å². The molecule has 0 bridgehead atoms. The molecule has 1 aliphatic rings. The van der Waals surface area contributed by atoms with Crippen molar-refractivity contribution in [3.8, 4) is 22.8 Å². The van der Waals surface area contributed by atoms with E-state index in [0.717, 1.165) is 39.9 Å². The van der Waals surface area contributed by atoms with Gasteiger partial charge in [-0.25, -0.2) is 4.98 Å². The summed E-state index contributed by atoms with van der Waals surface area (Å²) in [5, 5.41) is 2.15. The van der Waals surface area contributed by atoms with E-state index in [1.165, 1.54) is 16.7 Å². The minimum atomic E-state index is 0.151. The SMILES string of the molecule is COc1ccc([C@H]2Cc3ccccc3-c3nc(N)c4ccccc4c32)cc1OC. The van der Waals surface area contributed by atoms with E-state index in [2.05, 4.69) is 48.5 Å². The van der Waals surface area contributed by atoms with Crippen LogP contribution in [0.25, 0.3) is 22.0 Å². The Kier molecular flexibility index (Phi) is 4.13. The summed E-state index contributed by atoms with van der Waals surface area (Å²) in [4.78, 5) is 4.86. The summed E-state index contributed by atoms with van der Waals surface area (Å²) >= 11 is 0. The molecule has 1 atom stereocenters. The van der Waals surface area contributed by atoms with Crippen LogP contribution in [0.4, 0.5) is 5.82 Å². The first-order valence-corrected chi connectivity index (χ1v) is 9.69. The number of hydrogen-bond donors (Lipinski definition) is 1. The molecule has 0 spiro atoms. The Morgan fingerprint density at radius 3 is 2.38 bits per heavy atom. The Morgan fingerprint density at radius 1 is 0.862 bits per heavy atom. The molecular formula is C25H22N2O2. The minimum absolute atomic E-state index is 0.151. The van der Waals surface area contributed by atoms with Crippen molar-refractivity contribution in [1.29, 1.82) is 0 Å². The van der Waals surface area contributed by atoms with Gasteiger partial charge in [-0.3, -0.25) is 0 Å². The molecule has 0 fully saturated rings. The number of nitrogens with two attached hydrogens (primary N) is 1. The highest BCUT2D eigenvalue weighted by molar-refractivity contribution is 5.98. The number of ether oxygens (including phenoxy) is 2. The maximum Gasteiger partial charge on any atom is 0.161 e. The van der Waals surface area contributed by atoms with Crippen LogP contribution in [-0.2, 0) is 6.42 Å². The molecule has 4 aromatic rings. The van der Waals surface area contributed by atoms with Crippen LogP contribution in [0.2, 0.25) is 0 Å². The number of pyridine rings is 1. The van der Waals surface area contributed by atoms with Gasteiger partial charge in [0.15, 0.2) is 11.5 Å². The van der Waals surface area contributed by atoms with Gasteiger partial charge >= 0.3 is 0 Å². The van der Waals surface area contributed by atoms with Crippen LogP contribution in [-0.4, -0.2) is 19.2 Å². The monoisotopic (exact) mass is 382 g/mol. The number of methoxy groups -OCH3 is 2. The van der Waals surface area contributed by atoms with Gasteiger partial charge in [0.05, 0.1) is 19.9 Å². The first-order valence-electron chi connectivity index (χ1n) is 9.69. The third-order valence-corrected chi connectivity index (χ3v) is 5.84. The van der Waals surface area contributed by atoms with Gasteiger partial charge in [0.2, 0.25) is 0 Å². The summed E-state index contributed by atoms with van der Waals surface area (Å²) in [5.74, 6) is 2.19. The van der Waals surface area contributed by atoms with Crippen LogP contribution in [0.15, 0.2) is 66.7 Å². The van der Waals surface area contributed by atoms with Gasteiger partial charge in [-0.1, -0.05) is 54.6 Å². The van der Waals surface area contributed by atoms with Crippen molar-refractivity contribution in [1.82, 2.24) is 4.98 Å². The van der Waals surface area contributed by atoms with E-state index in [1.807, 2.05) is 18.2 Å². The van der Waals surface area contributed by atoms with Crippen LogP contribution in [0.5, 0.6) is 11.5 Å². The smallest absolute Gasteiger partial charge is 0.161 e. The molecule has 0 saturated heterocycles. The average Bonchev–Trinajstić information content (AvgIpc) is 2.78. The van der Waals surface area contributed by atoms with Crippen LogP contribution < -0.4 is 15.2 Å². The van der Waals surface area contributed by atoms with Gasteiger partial charge in [-0.05, 0) is 40.6 Å². The Bertz CT molecular complexity index is 1230. The number of aromatic nitrogens is 1. The van der Waals surface area contributed by atoms with E-state index in [1.54, 1.807) is 14.2 Å². The highest BCUT2D eigenvalue weighted by Gasteiger charge is 2.30. The van der Waals surface area contributed by atoms with Crippen molar-refractivity contribution in [3.05, 3.63) is 83.4 Å². The number of benzene rings is 3. The minimum Gasteiger partial charge on any atom is -0.493 e. The number of rotatable bonds is 3. The van der Waals surface area contributed by atoms with E-state index in [0.29, 0.717) is 5.82 Å². The summed E-state index contributed by atoms with van der Waals surface area (Å²) < 4.78 is 11.0. The van der Waals surface area contributed by atoms with Crippen molar-refractivity contribution in [3.63, 3.8) is 0 Å². The van der Waals surface area contributed by atoms with Crippen LogP contribution in [0, 0.1) is 0 Å². The Labute approximate surface area is 169 Å². The summed E-state index contributed by atoms with van der Waals surface area (Å²) in [6.45, 7) is 0. The summed E-state index contributed by atoms with van der Waals surface area (Å²) in [6, 6.07) is 22.9. The van der Waals surface area contributed by atoms with E-state index in [-0.39, 0.29) is 5.92 Å². The summed E-state index contributed by atoms with van der Waals surface area (Å²) in [6.07, 6.45) is 0.897. The zero-order chi connectivity index (χ0) is 20.0. The summed E-state index contributed by atoms with van der Waals surface area (Å²) in [7, 11) is 3.33. The quantitative estimate of drug-likeness (QED) is 0.530. The van der Waals surface area contributed by atoms with Gasteiger partial charge in [-0.2, -0.15) is 0 Å². The third kappa shape index (κ3) is 2.71. The van der Waals surface area contributed by atoms with Crippen LogP contribution in [0.1, 0.15) is 22.6 Å². The largest absolute Gasteiger partial charge is 0.493 e. The van der Waals surface area contributed by atoms with Crippen molar-refractivity contribution in [2.45, 2.75) is 12.3 Å². The Balaban J connectivity index is 1.81. The van der Waals surface area contributed by atoms with Gasteiger partial charge < -0.3 is 15.2 Å². The molecule has 0 aliphatic heterocycles. The maximum absolute atomic E-state index is 6.36. The molecule has 0 amide bonds. The molecule has 1 heterocycles. The fraction of sp³-hybridized carbons (Fsp3) is 0.160. The van der Waals surface area contributed by atoms with E-state index in [4.69, 9.17) is 20.2 Å². The molecule has 1 aliphatic carbocycles. The molecule has 144 valence electrons. The lowest BCUT2D eigenvalue weighted by atomic mass is 9.76. The van der Waals surface area contributed by atoms with E-state index >= 15 is 0 Å². The van der Waals surface area contributed by atoms with Crippen molar-refractivity contribution in [2.24, 2.45) is 0 Å². The molecule has 1 aromatic heterocycles. The molecule has 4 nitrogen and oxygen atoms in total. The lowest BCUT2D eigenvalue weighted by Gasteiger charge is -2.29. The maximum atomic E-state index is 6.36. The molecule has 2 N–H and O–H groups in total. The number of nitrogen functional groups attached to an aromatic ring is 1.